The fraction of sp³-hybridized carbons (Fsp3) is 0.667. The van der Waals surface area contributed by atoms with E-state index in [1.54, 1.807) is 0 Å². The number of aryl methyl sites for hydroxylation is 2. The molecule has 0 saturated carbocycles. The highest BCUT2D eigenvalue weighted by molar-refractivity contribution is 5.78. The summed E-state index contributed by atoms with van der Waals surface area (Å²) in [7, 11) is 0. The Morgan fingerprint density at radius 1 is 1.33 bits per heavy atom. The minimum atomic E-state index is 0.351. The first kappa shape index (κ1) is 12.0. The molecule has 1 heterocycles. The number of carbonyl (C=O) groups excluding carboxylic acids is 1. The molecule has 1 aromatic heterocycles. The van der Waals surface area contributed by atoms with E-state index in [2.05, 4.69) is 16.5 Å². The number of ketones is 1. The van der Waals surface area contributed by atoms with Gasteiger partial charge in [-0.1, -0.05) is 13.8 Å². The van der Waals surface area contributed by atoms with Crippen LogP contribution in [0.4, 0.5) is 0 Å². The van der Waals surface area contributed by atoms with Crippen molar-refractivity contribution in [1.82, 2.24) is 9.55 Å². The van der Waals surface area contributed by atoms with E-state index in [4.69, 9.17) is 0 Å². The van der Waals surface area contributed by atoms with E-state index in [-0.39, 0.29) is 0 Å². The van der Waals surface area contributed by atoms with Crippen molar-refractivity contribution >= 4 is 5.78 Å². The molecule has 0 aromatic carbocycles. The van der Waals surface area contributed by atoms with Gasteiger partial charge in [0.05, 0.1) is 0 Å². The minimum Gasteiger partial charge on any atom is -0.335 e. The second-order valence-corrected chi connectivity index (χ2v) is 3.83. The largest absolute Gasteiger partial charge is 0.335 e. The summed E-state index contributed by atoms with van der Waals surface area (Å²) in [5.41, 5.74) is 0. The third kappa shape index (κ3) is 3.86. The molecule has 1 aromatic rings. The Kier molecular flexibility index (Phi) is 5.08. The summed E-state index contributed by atoms with van der Waals surface area (Å²) >= 11 is 0. The summed E-state index contributed by atoms with van der Waals surface area (Å²) in [6, 6.07) is 0. The van der Waals surface area contributed by atoms with Crippen molar-refractivity contribution in [2.75, 3.05) is 0 Å². The molecule has 1 rings (SSSR count). The van der Waals surface area contributed by atoms with Gasteiger partial charge in [-0.2, -0.15) is 0 Å². The maximum absolute atomic E-state index is 11.4. The average Bonchev–Trinajstić information content (AvgIpc) is 2.64. The van der Waals surface area contributed by atoms with Crippen LogP contribution in [0.15, 0.2) is 12.4 Å². The number of Topliss-reactive ketones (excluding diaryl/α,β-unsaturated/α-hetero) is 1. The Balaban J connectivity index is 2.42. The predicted octanol–water partition coefficient (Wildman–Crippen LogP) is 2.59. The van der Waals surface area contributed by atoms with Crippen LogP contribution in [0.3, 0.4) is 0 Å². The normalized spacial score (nSPS) is 10.5. The van der Waals surface area contributed by atoms with Gasteiger partial charge in [0.15, 0.2) is 0 Å². The first-order valence-electron chi connectivity index (χ1n) is 5.79. The van der Waals surface area contributed by atoms with E-state index in [9.17, 15) is 4.79 Å². The molecule has 3 nitrogen and oxygen atoms in total. The van der Waals surface area contributed by atoms with Crippen molar-refractivity contribution in [2.45, 2.75) is 52.5 Å². The second kappa shape index (κ2) is 6.38. The number of aromatic nitrogens is 2. The van der Waals surface area contributed by atoms with Crippen molar-refractivity contribution < 1.29 is 4.79 Å². The van der Waals surface area contributed by atoms with E-state index in [0.29, 0.717) is 18.6 Å². The Labute approximate surface area is 91.5 Å². The summed E-state index contributed by atoms with van der Waals surface area (Å²) in [6.45, 7) is 5.18. The molecule has 15 heavy (non-hydrogen) atoms. The highest BCUT2D eigenvalue weighted by atomic mass is 16.1. The summed E-state index contributed by atoms with van der Waals surface area (Å²) in [5.74, 6) is 1.39. The zero-order chi connectivity index (χ0) is 11.1. The van der Waals surface area contributed by atoms with E-state index in [1.165, 1.54) is 0 Å². The Hall–Kier alpha value is -1.12. The summed E-state index contributed by atoms with van der Waals surface area (Å²) in [6.07, 6.45) is 7.97. The molecular formula is C12H20N2O. The Morgan fingerprint density at radius 2 is 2.13 bits per heavy atom. The highest BCUT2D eigenvalue weighted by Gasteiger charge is 2.05. The van der Waals surface area contributed by atoms with Crippen LogP contribution in [0.1, 0.15) is 45.4 Å². The number of carbonyl (C=O) groups is 1. The van der Waals surface area contributed by atoms with Crippen molar-refractivity contribution in [3.8, 4) is 0 Å². The molecule has 0 N–H and O–H groups in total. The Bertz CT molecular complexity index is 304. The third-order valence-electron chi connectivity index (χ3n) is 2.42. The van der Waals surface area contributed by atoms with Crippen LogP contribution in [-0.2, 0) is 17.8 Å². The van der Waals surface area contributed by atoms with Gasteiger partial charge in [-0.15, -0.1) is 0 Å². The van der Waals surface area contributed by atoms with E-state index < -0.39 is 0 Å². The molecule has 0 spiro atoms. The number of imidazole rings is 1. The second-order valence-electron chi connectivity index (χ2n) is 3.83. The maximum Gasteiger partial charge on any atom is 0.133 e. The molecule has 0 aliphatic heterocycles. The average molecular weight is 208 g/mol. The van der Waals surface area contributed by atoms with Crippen molar-refractivity contribution in [1.29, 1.82) is 0 Å². The molecule has 0 bridgehead atoms. The lowest BCUT2D eigenvalue weighted by molar-refractivity contribution is -0.119. The van der Waals surface area contributed by atoms with Gasteiger partial charge in [-0.3, -0.25) is 4.79 Å². The molecule has 0 atom stereocenters. The van der Waals surface area contributed by atoms with Crippen LogP contribution in [0, 0.1) is 0 Å². The zero-order valence-corrected chi connectivity index (χ0v) is 9.70. The van der Waals surface area contributed by atoms with Crippen LogP contribution in [0.25, 0.3) is 0 Å². The van der Waals surface area contributed by atoms with Gasteiger partial charge in [-0.25, -0.2) is 4.98 Å². The fourth-order valence-corrected chi connectivity index (χ4v) is 1.67. The molecule has 0 aliphatic carbocycles. The lowest BCUT2D eigenvalue weighted by Gasteiger charge is -2.05. The summed E-state index contributed by atoms with van der Waals surface area (Å²) in [5, 5.41) is 0. The quantitative estimate of drug-likeness (QED) is 0.690. The lowest BCUT2D eigenvalue weighted by Crippen LogP contribution is -2.06. The number of hydrogen-bond acceptors (Lipinski definition) is 2. The smallest absolute Gasteiger partial charge is 0.133 e. The lowest BCUT2D eigenvalue weighted by atomic mass is 10.1. The number of nitrogens with zero attached hydrogens (tertiary/aromatic N) is 2. The molecular weight excluding hydrogens is 188 g/mol. The standard InChI is InChI=1S/C12H20N2O/c1-3-5-11(15)6-7-12-13-8-10-14(12)9-4-2/h8,10H,3-7,9H2,1-2H3. The van der Waals surface area contributed by atoms with E-state index in [0.717, 1.165) is 31.6 Å². The highest BCUT2D eigenvalue weighted by Crippen LogP contribution is 2.05. The molecule has 0 amide bonds. The minimum absolute atomic E-state index is 0.351. The third-order valence-corrected chi connectivity index (χ3v) is 2.42. The first-order valence-corrected chi connectivity index (χ1v) is 5.79. The van der Waals surface area contributed by atoms with Crippen LogP contribution in [0.5, 0.6) is 0 Å². The molecule has 3 heteroatoms. The van der Waals surface area contributed by atoms with Gasteiger partial charge < -0.3 is 4.57 Å². The Morgan fingerprint density at radius 3 is 2.80 bits per heavy atom. The van der Waals surface area contributed by atoms with Crippen molar-refractivity contribution in [3.05, 3.63) is 18.2 Å². The van der Waals surface area contributed by atoms with Crippen molar-refractivity contribution in [3.63, 3.8) is 0 Å². The maximum atomic E-state index is 11.4. The number of hydrogen-bond donors (Lipinski definition) is 0. The van der Waals surface area contributed by atoms with Crippen molar-refractivity contribution in [2.24, 2.45) is 0 Å². The fourth-order valence-electron chi connectivity index (χ4n) is 1.67. The van der Waals surface area contributed by atoms with Crippen LogP contribution in [0.2, 0.25) is 0 Å². The predicted molar refractivity (Wildman–Crippen MR) is 60.8 cm³/mol. The molecule has 0 unspecified atom stereocenters. The summed E-state index contributed by atoms with van der Waals surface area (Å²) in [4.78, 5) is 15.6. The number of rotatable bonds is 7. The molecule has 0 radical (unpaired) electrons. The molecule has 0 fully saturated rings. The van der Waals surface area contributed by atoms with Gasteiger partial charge in [0.25, 0.3) is 0 Å². The molecule has 0 aliphatic rings. The van der Waals surface area contributed by atoms with Gasteiger partial charge in [0, 0.05) is 38.2 Å². The van der Waals surface area contributed by atoms with Crippen LogP contribution < -0.4 is 0 Å². The van der Waals surface area contributed by atoms with Gasteiger partial charge in [0.2, 0.25) is 0 Å². The summed E-state index contributed by atoms with van der Waals surface area (Å²) < 4.78 is 2.14. The molecule has 84 valence electrons. The van der Waals surface area contributed by atoms with Gasteiger partial charge in [-0.05, 0) is 12.8 Å². The first-order chi connectivity index (χ1) is 7.27. The monoisotopic (exact) mass is 208 g/mol. The SMILES string of the molecule is CCCC(=O)CCc1nccn1CCC. The topological polar surface area (TPSA) is 34.9 Å². The van der Waals surface area contributed by atoms with Crippen LogP contribution in [-0.4, -0.2) is 15.3 Å². The van der Waals surface area contributed by atoms with Gasteiger partial charge >= 0.3 is 0 Å². The van der Waals surface area contributed by atoms with E-state index in [1.807, 2.05) is 19.3 Å². The van der Waals surface area contributed by atoms with Crippen LogP contribution >= 0.6 is 0 Å². The molecule has 0 saturated heterocycles. The van der Waals surface area contributed by atoms with E-state index >= 15 is 0 Å². The zero-order valence-electron chi connectivity index (χ0n) is 9.70. The van der Waals surface area contributed by atoms with Gasteiger partial charge in [0.1, 0.15) is 11.6 Å².